The molecule has 4 rings (SSSR count). The molecule has 1 aliphatic rings. The minimum Gasteiger partial charge on any atom is -0.497 e. The quantitative estimate of drug-likeness (QED) is 0.558. The van der Waals surface area contributed by atoms with Crippen LogP contribution in [0.5, 0.6) is 5.75 Å². The first kappa shape index (κ1) is 22.1. The van der Waals surface area contributed by atoms with E-state index in [1.165, 1.54) is 4.68 Å². The average Bonchev–Trinajstić information content (AvgIpc) is 3.47. The molecular formula is C24H24N4O5. The number of ether oxygens (including phenoxy) is 2. The molecule has 0 saturated carbocycles. The highest BCUT2D eigenvalue weighted by Crippen LogP contribution is 2.28. The summed E-state index contributed by atoms with van der Waals surface area (Å²) >= 11 is 0. The van der Waals surface area contributed by atoms with Crippen molar-refractivity contribution in [1.82, 2.24) is 9.78 Å². The van der Waals surface area contributed by atoms with Crippen LogP contribution in [0.15, 0.2) is 60.8 Å². The molecule has 9 nitrogen and oxygen atoms in total. The van der Waals surface area contributed by atoms with Gasteiger partial charge in [0.05, 0.1) is 25.3 Å². The van der Waals surface area contributed by atoms with E-state index in [0.29, 0.717) is 23.7 Å². The van der Waals surface area contributed by atoms with Crippen LogP contribution in [0.1, 0.15) is 23.8 Å². The van der Waals surface area contributed by atoms with Gasteiger partial charge in [-0.1, -0.05) is 6.07 Å². The van der Waals surface area contributed by atoms with Crippen molar-refractivity contribution in [2.24, 2.45) is 5.92 Å². The summed E-state index contributed by atoms with van der Waals surface area (Å²) < 4.78 is 11.6. The fourth-order valence-corrected chi connectivity index (χ4v) is 3.65. The molecule has 3 aromatic rings. The van der Waals surface area contributed by atoms with Crippen LogP contribution in [0.4, 0.5) is 11.4 Å². The van der Waals surface area contributed by atoms with Gasteiger partial charge in [0.1, 0.15) is 5.75 Å². The molecule has 2 amide bonds. The average molecular weight is 448 g/mol. The van der Waals surface area contributed by atoms with Crippen molar-refractivity contribution in [1.29, 1.82) is 0 Å². The van der Waals surface area contributed by atoms with Crippen molar-refractivity contribution in [3.63, 3.8) is 0 Å². The maximum Gasteiger partial charge on any atom is 0.358 e. The molecule has 1 N–H and O–H groups in total. The fourth-order valence-electron chi connectivity index (χ4n) is 3.65. The van der Waals surface area contributed by atoms with Crippen LogP contribution >= 0.6 is 0 Å². The van der Waals surface area contributed by atoms with E-state index in [1.807, 2.05) is 6.07 Å². The van der Waals surface area contributed by atoms with Gasteiger partial charge in [-0.2, -0.15) is 5.10 Å². The van der Waals surface area contributed by atoms with Gasteiger partial charge in [-0.25, -0.2) is 9.48 Å². The third kappa shape index (κ3) is 4.87. The Morgan fingerprint density at radius 1 is 1.12 bits per heavy atom. The molecule has 1 aliphatic heterocycles. The lowest BCUT2D eigenvalue weighted by atomic mass is 10.1. The number of rotatable bonds is 7. The van der Waals surface area contributed by atoms with E-state index >= 15 is 0 Å². The van der Waals surface area contributed by atoms with E-state index in [0.717, 1.165) is 5.69 Å². The number of carbonyl (C=O) groups excluding carboxylic acids is 3. The molecule has 33 heavy (non-hydrogen) atoms. The van der Waals surface area contributed by atoms with Crippen molar-refractivity contribution in [2.45, 2.75) is 13.3 Å². The topological polar surface area (TPSA) is 103 Å². The van der Waals surface area contributed by atoms with Crippen LogP contribution < -0.4 is 15.0 Å². The lowest BCUT2D eigenvalue weighted by Crippen LogP contribution is -2.28. The van der Waals surface area contributed by atoms with Crippen LogP contribution in [0.2, 0.25) is 0 Å². The van der Waals surface area contributed by atoms with E-state index in [-0.39, 0.29) is 30.5 Å². The highest BCUT2D eigenvalue weighted by atomic mass is 16.5. The van der Waals surface area contributed by atoms with E-state index in [1.54, 1.807) is 73.7 Å². The number of nitrogens with zero attached hydrogens (tertiary/aromatic N) is 3. The van der Waals surface area contributed by atoms with Gasteiger partial charge in [-0.15, -0.1) is 0 Å². The molecule has 0 radical (unpaired) electrons. The van der Waals surface area contributed by atoms with Crippen LogP contribution in [-0.4, -0.2) is 47.8 Å². The van der Waals surface area contributed by atoms with E-state index in [4.69, 9.17) is 9.47 Å². The summed E-state index contributed by atoms with van der Waals surface area (Å²) in [7, 11) is 1.58. The van der Waals surface area contributed by atoms with Gasteiger partial charge in [0.2, 0.25) is 11.8 Å². The molecule has 2 heterocycles. The predicted molar refractivity (Wildman–Crippen MR) is 122 cm³/mol. The minimum absolute atomic E-state index is 0.0999. The fraction of sp³-hybridized carbons (Fsp3) is 0.250. The number of hydrogen-bond acceptors (Lipinski definition) is 6. The Balaban J connectivity index is 1.43. The zero-order valence-electron chi connectivity index (χ0n) is 18.4. The lowest BCUT2D eigenvalue weighted by Gasteiger charge is -2.17. The first-order valence-corrected chi connectivity index (χ1v) is 10.6. The molecule has 170 valence electrons. The molecule has 1 aromatic heterocycles. The summed E-state index contributed by atoms with van der Waals surface area (Å²) in [5.41, 5.74) is 2.18. The molecule has 2 aromatic carbocycles. The monoisotopic (exact) mass is 448 g/mol. The summed E-state index contributed by atoms with van der Waals surface area (Å²) in [5.74, 6) is -0.594. The van der Waals surface area contributed by atoms with Gasteiger partial charge in [-0.3, -0.25) is 9.59 Å². The highest BCUT2D eigenvalue weighted by molar-refractivity contribution is 6.03. The summed E-state index contributed by atoms with van der Waals surface area (Å²) in [5, 5.41) is 7.12. The molecule has 1 unspecified atom stereocenters. The van der Waals surface area contributed by atoms with Gasteiger partial charge in [0.25, 0.3) is 0 Å². The maximum atomic E-state index is 12.9. The molecule has 0 spiro atoms. The number of aromatic nitrogens is 2. The minimum atomic E-state index is -0.493. The Morgan fingerprint density at radius 3 is 2.64 bits per heavy atom. The van der Waals surface area contributed by atoms with Crippen LogP contribution in [0.25, 0.3) is 5.69 Å². The van der Waals surface area contributed by atoms with Crippen molar-refractivity contribution >= 4 is 29.2 Å². The Labute approximate surface area is 190 Å². The second-order valence-electron chi connectivity index (χ2n) is 7.51. The van der Waals surface area contributed by atoms with Crippen LogP contribution in [0, 0.1) is 5.92 Å². The zero-order chi connectivity index (χ0) is 23.4. The molecular weight excluding hydrogens is 424 g/mol. The third-order valence-corrected chi connectivity index (χ3v) is 5.33. The standard InChI is InChI=1S/C24H24N4O5/c1-3-33-24(31)21-11-12-28(26-21)19-6-4-5-17(14-19)25-23(30)16-13-22(29)27(15-16)18-7-9-20(32-2)10-8-18/h4-12,14,16H,3,13,15H2,1-2H3,(H,25,30). The number of methoxy groups -OCH3 is 1. The Hall–Kier alpha value is -4.14. The number of carbonyl (C=O) groups is 3. The Bertz CT molecular complexity index is 1170. The van der Waals surface area contributed by atoms with Gasteiger partial charge in [-0.05, 0) is 55.5 Å². The van der Waals surface area contributed by atoms with Gasteiger partial charge in [0, 0.05) is 30.5 Å². The predicted octanol–water partition coefficient (Wildman–Crippen LogP) is 3.05. The highest BCUT2D eigenvalue weighted by Gasteiger charge is 2.35. The van der Waals surface area contributed by atoms with E-state index in [2.05, 4.69) is 10.4 Å². The van der Waals surface area contributed by atoms with Gasteiger partial charge >= 0.3 is 5.97 Å². The van der Waals surface area contributed by atoms with Crippen molar-refractivity contribution in [3.8, 4) is 11.4 Å². The second-order valence-corrected chi connectivity index (χ2v) is 7.51. The first-order valence-electron chi connectivity index (χ1n) is 10.6. The van der Waals surface area contributed by atoms with Crippen molar-refractivity contribution < 1.29 is 23.9 Å². The first-order chi connectivity index (χ1) is 16.0. The van der Waals surface area contributed by atoms with E-state index < -0.39 is 11.9 Å². The smallest absolute Gasteiger partial charge is 0.358 e. The largest absolute Gasteiger partial charge is 0.497 e. The van der Waals surface area contributed by atoms with Crippen LogP contribution in [0.3, 0.4) is 0 Å². The molecule has 1 fully saturated rings. The Morgan fingerprint density at radius 2 is 1.91 bits per heavy atom. The number of amides is 2. The summed E-state index contributed by atoms with van der Waals surface area (Å²) in [6, 6.07) is 15.8. The van der Waals surface area contributed by atoms with Gasteiger partial charge in [0.15, 0.2) is 5.69 Å². The van der Waals surface area contributed by atoms with Crippen molar-refractivity contribution in [2.75, 3.05) is 30.5 Å². The third-order valence-electron chi connectivity index (χ3n) is 5.33. The Kier molecular flexibility index (Phi) is 6.39. The lowest BCUT2D eigenvalue weighted by molar-refractivity contribution is -0.122. The van der Waals surface area contributed by atoms with E-state index in [9.17, 15) is 14.4 Å². The normalized spacial score (nSPS) is 15.4. The second kappa shape index (κ2) is 9.56. The number of esters is 1. The summed E-state index contributed by atoms with van der Waals surface area (Å²) in [6.07, 6.45) is 1.79. The molecule has 0 aliphatic carbocycles. The number of benzene rings is 2. The number of hydrogen-bond donors (Lipinski definition) is 1. The number of nitrogens with one attached hydrogen (secondary N) is 1. The summed E-state index contributed by atoms with van der Waals surface area (Å²) in [4.78, 5) is 38.8. The molecule has 1 atom stereocenters. The SMILES string of the molecule is CCOC(=O)c1ccn(-c2cccc(NC(=O)C3CC(=O)N(c4ccc(OC)cc4)C3)c2)n1. The maximum absolute atomic E-state index is 12.9. The van der Waals surface area contributed by atoms with Crippen molar-refractivity contribution in [3.05, 3.63) is 66.5 Å². The zero-order valence-corrected chi connectivity index (χ0v) is 18.4. The summed E-state index contributed by atoms with van der Waals surface area (Å²) in [6.45, 7) is 2.31. The molecule has 9 heteroatoms. The van der Waals surface area contributed by atoms with Gasteiger partial charge < -0.3 is 19.7 Å². The molecule has 0 bridgehead atoms. The number of anilines is 2. The van der Waals surface area contributed by atoms with Crippen LogP contribution in [-0.2, 0) is 14.3 Å². The molecule has 1 saturated heterocycles.